The smallest absolute Gasteiger partial charge is 1.00 e. The second kappa shape index (κ2) is 25.2. The fraction of sp³-hybridized carbons (Fsp3) is 0. The van der Waals surface area contributed by atoms with Crippen molar-refractivity contribution < 1.29 is 16.0 Å². The number of hydrogen-bond acceptors (Lipinski definition) is 2. The Morgan fingerprint density at radius 3 is 1.00 bits per heavy atom. The van der Waals surface area contributed by atoms with E-state index < -0.39 is 0 Å². The van der Waals surface area contributed by atoms with Gasteiger partial charge in [-0.25, -0.2) is 0 Å². The van der Waals surface area contributed by atoms with Gasteiger partial charge in [0.05, 0.1) is 0 Å². The molecule has 0 aromatic carbocycles. The van der Waals surface area contributed by atoms with E-state index in [0.29, 0.717) is 0 Å². The first-order chi connectivity index (χ1) is 1.00. The third-order valence-corrected chi connectivity index (χ3v) is 0. The van der Waals surface area contributed by atoms with E-state index in [9.17, 15) is 0 Å². The topological polar surface area (TPSA) is 77.6 Å². The zero-order valence-corrected chi connectivity index (χ0v) is 6.46. The molecule has 0 aromatic rings. The first-order valence-electron chi connectivity index (χ1n) is 0.167. The van der Waals surface area contributed by atoms with Crippen molar-refractivity contribution in [3.8, 4) is 0 Å². The Labute approximate surface area is 63.9 Å². The van der Waals surface area contributed by atoms with Crippen LogP contribution in [0.4, 0.5) is 0 Å². The van der Waals surface area contributed by atoms with E-state index in [-0.39, 0.29) is 54.4 Å². The second-order valence-corrected chi connectivity index (χ2v) is 0. The molecular weight excluding hydrogens is 185 g/mol. The van der Waals surface area contributed by atoms with Gasteiger partial charge in [0.2, 0.25) is 0 Å². The van der Waals surface area contributed by atoms with E-state index in [0.717, 1.165) is 0 Å². The summed E-state index contributed by atoms with van der Waals surface area (Å²) in [5.74, 6) is 0. The molecule has 0 saturated carbocycles. The van der Waals surface area contributed by atoms with E-state index in [1.54, 1.807) is 0 Å². The van der Waals surface area contributed by atoms with Crippen LogP contribution in [0.25, 0.3) is 0 Å². The maximum absolute atomic E-state index is 7.00. The molecule has 0 fully saturated rings. The molecule has 2 N–H and O–H groups in total. The van der Waals surface area contributed by atoms with Gasteiger partial charge in [-0.05, 0) is 0 Å². The van der Waals surface area contributed by atoms with Crippen LogP contribution in [0.15, 0.2) is 0 Å². The molecular formula is H2BaO3. The zero-order valence-electron chi connectivity index (χ0n) is 2.02. The minimum absolute atomic E-state index is 0. The average Bonchev–Trinajstić information content (AvgIpc) is 1.00. The standard InChI is InChI=1S/Ba.O2.H2O/c;1-2;/h;;1H2/q+2;-2;. The van der Waals surface area contributed by atoms with Crippen molar-refractivity contribution >= 4 is 48.9 Å². The molecule has 0 aliphatic heterocycles. The predicted octanol–water partition coefficient (Wildman–Crippen LogP) is -3.58. The van der Waals surface area contributed by atoms with E-state index in [2.05, 4.69) is 0 Å². The summed E-state index contributed by atoms with van der Waals surface area (Å²) in [6, 6.07) is 0. The summed E-state index contributed by atoms with van der Waals surface area (Å²) in [6.45, 7) is 0. The van der Waals surface area contributed by atoms with Gasteiger partial charge in [-0.15, -0.1) is 0 Å². The summed E-state index contributed by atoms with van der Waals surface area (Å²) in [5, 5.41) is 14.0. The molecule has 0 unspecified atom stereocenters. The molecule has 3 nitrogen and oxygen atoms in total. The van der Waals surface area contributed by atoms with Gasteiger partial charge in [0.15, 0.2) is 0 Å². The number of rotatable bonds is 0. The van der Waals surface area contributed by atoms with E-state index in [4.69, 9.17) is 10.5 Å². The summed E-state index contributed by atoms with van der Waals surface area (Å²) < 4.78 is 0. The minimum atomic E-state index is 0. The summed E-state index contributed by atoms with van der Waals surface area (Å²) in [6.07, 6.45) is 0. The van der Waals surface area contributed by atoms with Gasteiger partial charge in [-0.3, -0.25) is 0 Å². The molecule has 0 heterocycles. The fourth-order valence-corrected chi connectivity index (χ4v) is 0. The van der Waals surface area contributed by atoms with Gasteiger partial charge in [0.25, 0.3) is 0 Å². The molecule has 0 bridgehead atoms. The Kier molecular flexibility index (Phi) is 113. The summed E-state index contributed by atoms with van der Waals surface area (Å²) >= 11 is 0. The molecule has 0 amide bonds. The molecule has 0 saturated heterocycles. The van der Waals surface area contributed by atoms with Gasteiger partial charge in [-0.1, -0.05) is 0 Å². The largest absolute Gasteiger partial charge is 2.00 e. The quantitative estimate of drug-likeness (QED) is 0.223. The van der Waals surface area contributed by atoms with Crippen molar-refractivity contribution in [3.63, 3.8) is 0 Å². The van der Waals surface area contributed by atoms with Crippen molar-refractivity contribution in [1.29, 1.82) is 0 Å². The molecule has 4 heavy (non-hydrogen) atoms. The Balaban J connectivity index is -0.00000000500. The Morgan fingerprint density at radius 1 is 1.00 bits per heavy atom. The van der Waals surface area contributed by atoms with Crippen LogP contribution < -0.4 is 10.5 Å². The van der Waals surface area contributed by atoms with Gasteiger partial charge in [0.1, 0.15) is 0 Å². The van der Waals surface area contributed by atoms with Crippen molar-refractivity contribution in [2.45, 2.75) is 0 Å². The average molecular weight is 187 g/mol. The van der Waals surface area contributed by atoms with E-state index >= 15 is 0 Å². The maximum Gasteiger partial charge on any atom is 2.00 e. The summed E-state index contributed by atoms with van der Waals surface area (Å²) in [5.41, 5.74) is 0. The first kappa shape index (κ1) is 18.0. The van der Waals surface area contributed by atoms with E-state index in [1.165, 1.54) is 0 Å². The summed E-state index contributed by atoms with van der Waals surface area (Å²) in [7, 11) is 0. The molecule has 0 rings (SSSR count). The molecule has 0 aromatic heterocycles. The van der Waals surface area contributed by atoms with Crippen molar-refractivity contribution in [2.24, 2.45) is 0 Å². The van der Waals surface area contributed by atoms with E-state index in [1.807, 2.05) is 0 Å². The van der Waals surface area contributed by atoms with Crippen LogP contribution in [0.1, 0.15) is 0 Å². The molecule has 22 valence electrons. The van der Waals surface area contributed by atoms with Gasteiger partial charge < -0.3 is 16.0 Å². The third kappa shape index (κ3) is 9.85. The molecule has 0 aliphatic rings. The summed E-state index contributed by atoms with van der Waals surface area (Å²) in [4.78, 5) is 0. The van der Waals surface area contributed by atoms with Crippen molar-refractivity contribution in [2.75, 3.05) is 0 Å². The predicted molar refractivity (Wildman–Crippen MR) is 9.37 cm³/mol. The SMILES string of the molecule is O.[Ba+2].[O-][O-]. The van der Waals surface area contributed by atoms with Gasteiger partial charge >= 0.3 is 48.9 Å². The van der Waals surface area contributed by atoms with Crippen LogP contribution in [0, 0.1) is 0 Å². The number of hydrogen-bond donors (Lipinski definition) is 0. The molecule has 4 heteroatoms. The normalized spacial score (nSPS) is 1.50. The Morgan fingerprint density at radius 2 is 1.00 bits per heavy atom. The molecule has 0 spiro atoms. The van der Waals surface area contributed by atoms with Crippen LogP contribution in [0.2, 0.25) is 0 Å². The first-order valence-corrected chi connectivity index (χ1v) is 0.167. The molecule has 0 radical (unpaired) electrons. The minimum Gasteiger partial charge on any atom is -1.00 e. The Hall–Kier alpha value is 1.45. The Bertz CT molecular complexity index is 3.25. The molecule has 0 aliphatic carbocycles. The van der Waals surface area contributed by atoms with Crippen LogP contribution in [0.5, 0.6) is 0 Å². The van der Waals surface area contributed by atoms with Crippen LogP contribution >= 0.6 is 0 Å². The van der Waals surface area contributed by atoms with Crippen molar-refractivity contribution in [1.82, 2.24) is 0 Å². The monoisotopic (exact) mass is 188 g/mol. The van der Waals surface area contributed by atoms with Crippen molar-refractivity contribution in [3.05, 3.63) is 0 Å². The second-order valence-electron chi connectivity index (χ2n) is 0. The maximum atomic E-state index is 7.00. The van der Waals surface area contributed by atoms with Crippen LogP contribution in [0.3, 0.4) is 0 Å². The van der Waals surface area contributed by atoms with Gasteiger partial charge in [-0.2, -0.15) is 0 Å². The van der Waals surface area contributed by atoms with Gasteiger partial charge in [0, 0.05) is 0 Å². The van der Waals surface area contributed by atoms with Crippen LogP contribution in [-0.4, -0.2) is 54.4 Å². The van der Waals surface area contributed by atoms with Crippen LogP contribution in [-0.2, 0) is 0 Å². The zero-order chi connectivity index (χ0) is 2.00. The third-order valence-electron chi connectivity index (χ3n) is 0. The molecule has 0 atom stereocenters. The fourth-order valence-electron chi connectivity index (χ4n) is 0.